The second kappa shape index (κ2) is 9.04. The van der Waals surface area contributed by atoms with E-state index in [1.54, 1.807) is 0 Å². The molecule has 2 N–H and O–H groups in total. The van der Waals surface area contributed by atoms with Crippen LogP contribution in [0.4, 0.5) is 0 Å². The molecule has 5 nitrogen and oxygen atoms in total. The molecule has 6 heteroatoms. The van der Waals surface area contributed by atoms with E-state index < -0.39 is 0 Å². The Morgan fingerprint density at radius 2 is 2.08 bits per heavy atom. The van der Waals surface area contributed by atoms with E-state index in [1.165, 1.54) is 21.0 Å². The first-order valence-corrected chi connectivity index (χ1v) is 9.81. The van der Waals surface area contributed by atoms with Crippen LogP contribution in [0.1, 0.15) is 40.6 Å². The second-order valence-corrected chi connectivity index (χ2v) is 7.92. The fraction of sp³-hybridized carbons (Fsp3) is 0.579. The molecule has 2 heterocycles. The van der Waals surface area contributed by atoms with Gasteiger partial charge in [0.2, 0.25) is 0 Å². The van der Waals surface area contributed by atoms with E-state index in [2.05, 4.69) is 62.5 Å². The number of thiophene rings is 1. The smallest absolute Gasteiger partial charge is 0.191 e. The van der Waals surface area contributed by atoms with Gasteiger partial charge in [0.25, 0.3) is 0 Å². The van der Waals surface area contributed by atoms with Crippen LogP contribution >= 0.6 is 11.3 Å². The van der Waals surface area contributed by atoms with Crippen LogP contribution in [0.3, 0.4) is 0 Å². The SMILES string of the molecule is CCNC(=NCCc1c(C)nn(C)c1C)NC(C)Cc1ccc(C)s1. The van der Waals surface area contributed by atoms with Crippen LogP contribution in [0, 0.1) is 20.8 Å². The average molecular weight is 362 g/mol. The van der Waals surface area contributed by atoms with Gasteiger partial charge in [-0.05, 0) is 58.7 Å². The van der Waals surface area contributed by atoms with Crippen molar-refractivity contribution in [3.05, 3.63) is 38.8 Å². The molecule has 0 radical (unpaired) electrons. The minimum absolute atomic E-state index is 0.345. The van der Waals surface area contributed by atoms with Gasteiger partial charge in [0.1, 0.15) is 0 Å². The van der Waals surface area contributed by atoms with E-state index in [0.717, 1.165) is 37.6 Å². The molecule has 0 saturated carbocycles. The second-order valence-electron chi connectivity index (χ2n) is 6.55. The zero-order valence-corrected chi connectivity index (χ0v) is 17.1. The molecular formula is C19H31N5S. The van der Waals surface area contributed by atoms with Crippen LogP contribution in [0.2, 0.25) is 0 Å². The van der Waals surface area contributed by atoms with Gasteiger partial charge < -0.3 is 10.6 Å². The summed E-state index contributed by atoms with van der Waals surface area (Å²) in [7, 11) is 1.99. The number of nitrogens with zero attached hydrogens (tertiary/aromatic N) is 3. The highest BCUT2D eigenvalue weighted by Crippen LogP contribution is 2.16. The van der Waals surface area contributed by atoms with Crippen LogP contribution < -0.4 is 10.6 Å². The topological polar surface area (TPSA) is 54.2 Å². The largest absolute Gasteiger partial charge is 0.357 e. The fourth-order valence-electron chi connectivity index (χ4n) is 2.96. The first kappa shape index (κ1) is 19.5. The van der Waals surface area contributed by atoms with Crippen molar-refractivity contribution < 1.29 is 0 Å². The Bertz CT molecular complexity index is 713. The first-order valence-electron chi connectivity index (χ1n) is 9.00. The van der Waals surface area contributed by atoms with Gasteiger partial charge >= 0.3 is 0 Å². The summed E-state index contributed by atoms with van der Waals surface area (Å²) in [5.41, 5.74) is 3.64. The third kappa shape index (κ3) is 5.59. The highest BCUT2D eigenvalue weighted by molar-refractivity contribution is 7.11. The summed E-state index contributed by atoms with van der Waals surface area (Å²) in [6.07, 6.45) is 1.93. The zero-order chi connectivity index (χ0) is 18.4. The molecule has 25 heavy (non-hydrogen) atoms. The predicted molar refractivity (Wildman–Crippen MR) is 108 cm³/mol. The van der Waals surface area contributed by atoms with Crippen molar-refractivity contribution in [1.82, 2.24) is 20.4 Å². The summed E-state index contributed by atoms with van der Waals surface area (Å²) in [4.78, 5) is 7.53. The monoisotopic (exact) mass is 361 g/mol. The molecule has 0 amide bonds. The number of guanidine groups is 1. The van der Waals surface area contributed by atoms with Crippen LogP contribution in [-0.4, -0.2) is 34.9 Å². The van der Waals surface area contributed by atoms with Crippen LogP contribution in [0.15, 0.2) is 17.1 Å². The van der Waals surface area contributed by atoms with Crippen molar-refractivity contribution in [2.45, 2.75) is 53.5 Å². The van der Waals surface area contributed by atoms with E-state index in [0.29, 0.717) is 6.04 Å². The zero-order valence-electron chi connectivity index (χ0n) is 16.3. The molecular weight excluding hydrogens is 330 g/mol. The fourth-order valence-corrected chi connectivity index (χ4v) is 3.98. The lowest BCUT2D eigenvalue weighted by molar-refractivity contribution is 0.645. The standard InChI is InChI=1S/C19H31N5S/c1-7-20-19(22-13(2)12-17-9-8-14(3)25-17)21-11-10-18-15(4)23-24(6)16(18)5/h8-9,13H,7,10-12H2,1-6H3,(H2,20,21,22). The maximum atomic E-state index is 4.75. The summed E-state index contributed by atoms with van der Waals surface area (Å²) in [5.74, 6) is 0.891. The molecule has 2 aromatic rings. The Balaban J connectivity index is 1.93. The Kier molecular flexibility index (Phi) is 7.05. The lowest BCUT2D eigenvalue weighted by Gasteiger charge is -2.17. The molecule has 2 rings (SSSR count). The van der Waals surface area contributed by atoms with Gasteiger partial charge in [-0.2, -0.15) is 5.10 Å². The molecule has 0 aliphatic rings. The molecule has 1 atom stereocenters. The van der Waals surface area contributed by atoms with Crippen molar-refractivity contribution in [2.75, 3.05) is 13.1 Å². The van der Waals surface area contributed by atoms with E-state index >= 15 is 0 Å². The van der Waals surface area contributed by atoms with Crippen molar-refractivity contribution in [2.24, 2.45) is 12.0 Å². The molecule has 0 aliphatic carbocycles. The molecule has 2 aromatic heterocycles. The number of hydrogen-bond acceptors (Lipinski definition) is 3. The van der Waals surface area contributed by atoms with Crippen LogP contribution in [-0.2, 0) is 19.9 Å². The highest BCUT2D eigenvalue weighted by Gasteiger charge is 2.10. The molecule has 138 valence electrons. The number of nitrogens with one attached hydrogen (secondary N) is 2. The van der Waals surface area contributed by atoms with Crippen molar-refractivity contribution in [3.8, 4) is 0 Å². The minimum atomic E-state index is 0.345. The van der Waals surface area contributed by atoms with Gasteiger partial charge in [-0.3, -0.25) is 9.67 Å². The van der Waals surface area contributed by atoms with Gasteiger partial charge in [0.05, 0.1) is 5.69 Å². The van der Waals surface area contributed by atoms with Crippen LogP contribution in [0.5, 0.6) is 0 Å². The van der Waals surface area contributed by atoms with Gasteiger partial charge in [-0.25, -0.2) is 0 Å². The molecule has 0 fully saturated rings. The first-order chi connectivity index (χ1) is 11.9. The lowest BCUT2D eigenvalue weighted by Crippen LogP contribution is -2.43. The molecule has 1 unspecified atom stereocenters. The Hall–Kier alpha value is -1.82. The number of aryl methyl sites for hydroxylation is 3. The summed E-state index contributed by atoms with van der Waals surface area (Å²) in [6.45, 7) is 12.3. The quantitative estimate of drug-likeness (QED) is 0.588. The van der Waals surface area contributed by atoms with Crippen molar-refractivity contribution >= 4 is 17.3 Å². The van der Waals surface area contributed by atoms with E-state index in [-0.39, 0.29) is 0 Å². The molecule has 0 aromatic carbocycles. The third-order valence-corrected chi connectivity index (χ3v) is 5.34. The van der Waals surface area contributed by atoms with E-state index in [4.69, 9.17) is 4.99 Å². The van der Waals surface area contributed by atoms with Gasteiger partial charge in [0, 0.05) is 48.0 Å². The molecule has 0 aliphatic heterocycles. The summed E-state index contributed by atoms with van der Waals surface area (Å²) < 4.78 is 1.95. The summed E-state index contributed by atoms with van der Waals surface area (Å²) >= 11 is 1.87. The van der Waals surface area contributed by atoms with E-state index in [1.807, 2.05) is 23.1 Å². The Morgan fingerprint density at radius 3 is 2.64 bits per heavy atom. The van der Waals surface area contributed by atoms with Crippen molar-refractivity contribution in [1.29, 1.82) is 0 Å². The summed E-state index contributed by atoms with van der Waals surface area (Å²) in [5, 5.41) is 11.3. The van der Waals surface area contributed by atoms with Gasteiger partial charge in [-0.1, -0.05) is 0 Å². The maximum absolute atomic E-state index is 4.75. The highest BCUT2D eigenvalue weighted by atomic mass is 32.1. The molecule has 0 saturated heterocycles. The van der Waals surface area contributed by atoms with Crippen LogP contribution in [0.25, 0.3) is 0 Å². The number of hydrogen-bond donors (Lipinski definition) is 2. The van der Waals surface area contributed by atoms with Gasteiger partial charge in [0.15, 0.2) is 5.96 Å². The van der Waals surface area contributed by atoms with E-state index in [9.17, 15) is 0 Å². The molecule has 0 spiro atoms. The lowest BCUT2D eigenvalue weighted by atomic mass is 10.1. The van der Waals surface area contributed by atoms with Crippen molar-refractivity contribution in [3.63, 3.8) is 0 Å². The average Bonchev–Trinajstić information content (AvgIpc) is 3.04. The predicted octanol–water partition coefficient (Wildman–Crippen LogP) is 3.14. The third-order valence-electron chi connectivity index (χ3n) is 4.32. The van der Waals surface area contributed by atoms with Gasteiger partial charge in [-0.15, -0.1) is 11.3 Å². The Labute approximate surface area is 155 Å². The molecule has 0 bridgehead atoms. The minimum Gasteiger partial charge on any atom is -0.357 e. The maximum Gasteiger partial charge on any atom is 0.191 e. The normalized spacial score (nSPS) is 13.1. The Morgan fingerprint density at radius 1 is 1.32 bits per heavy atom. The number of aromatic nitrogens is 2. The summed E-state index contributed by atoms with van der Waals surface area (Å²) in [6, 6.07) is 4.75. The number of aliphatic imine (C=N–C) groups is 1. The number of rotatable bonds is 7.